The van der Waals surface area contributed by atoms with Gasteiger partial charge in [-0.3, -0.25) is 0 Å². The van der Waals surface area contributed by atoms with Crippen LogP contribution in [0.3, 0.4) is 0 Å². The molecular formula is C23H35NSn. The minimum atomic E-state index is -2.31. The fourth-order valence-electron chi connectivity index (χ4n) is 3.84. The molecule has 0 saturated heterocycles. The molecule has 0 spiro atoms. The predicted molar refractivity (Wildman–Crippen MR) is 114 cm³/mol. The zero-order chi connectivity index (χ0) is 18.0. The summed E-state index contributed by atoms with van der Waals surface area (Å²) in [6.45, 7) is 7.02. The number of unbranched alkanes of at least 4 members (excludes halogenated alkanes) is 3. The topological polar surface area (TPSA) is 12.9 Å². The van der Waals surface area contributed by atoms with Crippen LogP contribution in [0.15, 0.2) is 48.7 Å². The molecule has 2 aromatic rings. The van der Waals surface area contributed by atoms with Crippen molar-refractivity contribution < 1.29 is 0 Å². The van der Waals surface area contributed by atoms with E-state index >= 15 is 0 Å². The zero-order valence-electron chi connectivity index (χ0n) is 16.4. The number of nitrogens with zero attached hydrogens (tertiary/aromatic N) is 1. The SMILES string of the molecule is CCC[CH2][Sn]([CH2]CCC)([CH2]CCC)[c]1ccc(-c2ccccc2)nc1. The normalized spacial score (nSPS) is 11.6. The number of pyridine rings is 1. The van der Waals surface area contributed by atoms with Crippen molar-refractivity contribution in [1.29, 1.82) is 0 Å². The van der Waals surface area contributed by atoms with Gasteiger partial charge in [0, 0.05) is 0 Å². The molecule has 1 aromatic heterocycles. The quantitative estimate of drug-likeness (QED) is 0.347. The molecule has 1 aromatic carbocycles. The van der Waals surface area contributed by atoms with Gasteiger partial charge in [-0.15, -0.1) is 0 Å². The second-order valence-corrected chi connectivity index (χ2v) is 20.6. The van der Waals surface area contributed by atoms with Crippen molar-refractivity contribution in [2.45, 2.75) is 72.6 Å². The fourth-order valence-corrected chi connectivity index (χ4v) is 19.5. The Morgan fingerprint density at radius 3 is 1.72 bits per heavy atom. The molecule has 0 bridgehead atoms. The summed E-state index contributed by atoms with van der Waals surface area (Å²) in [5.41, 5.74) is 2.34. The molecule has 0 unspecified atom stereocenters. The summed E-state index contributed by atoms with van der Waals surface area (Å²) in [4.78, 5) is 4.89. The van der Waals surface area contributed by atoms with Gasteiger partial charge in [0.05, 0.1) is 0 Å². The number of hydrogen-bond donors (Lipinski definition) is 0. The maximum absolute atomic E-state index is 4.89. The van der Waals surface area contributed by atoms with E-state index in [0.29, 0.717) is 0 Å². The third-order valence-electron chi connectivity index (χ3n) is 5.47. The monoisotopic (exact) mass is 445 g/mol. The first kappa shape index (κ1) is 20.5. The first-order valence-electron chi connectivity index (χ1n) is 10.3. The molecule has 2 heteroatoms. The van der Waals surface area contributed by atoms with Gasteiger partial charge in [0.1, 0.15) is 0 Å². The number of aromatic nitrogens is 1. The standard InChI is InChI=1S/C11H8N.3C4H9.Sn/c1-2-6-10(7-3-1)11-8-4-5-9-12-11;3*1-3-4-2;/h1-4,6-9H;3*1,3-4H2,2H3;. The van der Waals surface area contributed by atoms with E-state index in [0.717, 1.165) is 5.69 Å². The third kappa shape index (κ3) is 5.84. The Bertz CT molecular complexity index is 569. The van der Waals surface area contributed by atoms with Gasteiger partial charge in [-0.2, -0.15) is 0 Å². The second kappa shape index (κ2) is 11.0. The number of benzene rings is 1. The molecule has 0 fully saturated rings. The molecule has 0 aliphatic rings. The van der Waals surface area contributed by atoms with Crippen LogP contribution < -0.4 is 3.58 Å². The molecule has 0 aliphatic heterocycles. The van der Waals surface area contributed by atoms with E-state index in [1.807, 2.05) is 0 Å². The van der Waals surface area contributed by atoms with Crippen molar-refractivity contribution >= 4 is 22.0 Å². The molecule has 136 valence electrons. The Balaban J connectivity index is 2.30. The molecule has 1 nitrogen and oxygen atoms in total. The zero-order valence-corrected chi connectivity index (χ0v) is 19.3. The Morgan fingerprint density at radius 2 is 1.28 bits per heavy atom. The van der Waals surface area contributed by atoms with Gasteiger partial charge in [0.25, 0.3) is 0 Å². The Morgan fingerprint density at radius 1 is 0.720 bits per heavy atom. The number of hydrogen-bond acceptors (Lipinski definition) is 1. The van der Waals surface area contributed by atoms with E-state index in [4.69, 9.17) is 4.98 Å². The van der Waals surface area contributed by atoms with Crippen LogP contribution in [0, 0.1) is 0 Å². The van der Waals surface area contributed by atoms with Gasteiger partial charge in [0.15, 0.2) is 0 Å². The van der Waals surface area contributed by atoms with Gasteiger partial charge in [0.2, 0.25) is 0 Å². The van der Waals surface area contributed by atoms with E-state index in [2.05, 4.69) is 69.4 Å². The molecule has 0 radical (unpaired) electrons. The average molecular weight is 444 g/mol. The average Bonchev–Trinajstić information content (AvgIpc) is 2.68. The summed E-state index contributed by atoms with van der Waals surface area (Å²) in [7, 11) is 0. The van der Waals surface area contributed by atoms with Crippen LogP contribution in [0.2, 0.25) is 13.3 Å². The third-order valence-corrected chi connectivity index (χ3v) is 21.0. The van der Waals surface area contributed by atoms with Crippen LogP contribution in [0.5, 0.6) is 0 Å². The van der Waals surface area contributed by atoms with Crippen molar-refractivity contribution in [3.05, 3.63) is 48.7 Å². The summed E-state index contributed by atoms with van der Waals surface area (Å²) >= 11 is -2.31. The Hall–Kier alpha value is -0.831. The van der Waals surface area contributed by atoms with E-state index in [1.54, 1.807) is 3.58 Å². The molecule has 0 saturated carbocycles. The van der Waals surface area contributed by atoms with E-state index < -0.39 is 18.4 Å². The van der Waals surface area contributed by atoms with Crippen LogP contribution in [-0.4, -0.2) is 23.4 Å². The molecule has 0 amide bonds. The predicted octanol–water partition coefficient (Wildman–Crippen LogP) is 6.80. The van der Waals surface area contributed by atoms with Crippen LogP contribution in [0.4, 0.5) is 0 Å². The van der Waals surface area contributed by atoms with Crippen molar-refractivity contribution in [1.82, 2.24) is 4.98 Å². The molecule has 0 atom stereocenters. The van der Waals surface area contributed by atoms with Gasteiger partial charge in [-0.05, 0) is 0 Å². The van der Waals surface area contributed by atoms with E-state index in [9.17, 15) is 0 Å². The molecule has 2 rings (SSSR count). The first-order chi connectivity index (χ1) is 12.3. The summed E-state index contributed by atoms with van der Waals surface area (Å²) in [5, 5.41) is 0. The molecule has 0 N–H and O–H groups in total. The molecule has 0 aliphatic carbocycles. The Kier molecular flexibility index (Phi) is 9.01. The number of rotatable bonds is 11. The first-order valence-corrected chi connectivity index (χ1v) is 17.8. The summed E-state index contributed by atoms with van der Waals surface area (Å²) < 4.78 is 6.21. The van der Waals surface area contributed by atoms with Gasteiger partial charge in [-0.1, -0.05) is 0 Å². The van der Waals surface area contributed by atoms with Gasteiger partial charge < -0.3 is 0 Å². The van der Waals surface area contributed by atoms with E-state index in [-0.39, 0.29) is 0 Å². The minimum absolute atomic E-state index is 1.12. The molecule has 1 heterocycles. The van der Waals surface area contributed by atoms with E-state index in [1.165, 1.54) is 57.4 Å². The van der Waals surface area contributed by atoms with Gasteiger partial charge in [-0.25, -0.2) is 0 Å². The maximum atomic E-state index is 4.89. The molecular weight excluding hydrogens is 409 g/mol. The van der Waals surface area contributed by atoms with Crippen molar-refractivity contribution in [2.24, 2.45) is 0 Å². The summed E-state index contributed by atoms with van der Waals surface area (Å²) in [5.74, 6) is 0. The second-order valence-electron chi connectivity index (χ2n) is 7.39. The van der Waals surface area contributed by atoms with Crippen LogP contribution in [-0.2, 0) is 0 Å². The Labute approximate surface area is 159 Å². The van der Waals surface area contributed by atoms with Crippen molar-refractivity contribution in [2.75, 3.05) is 0 Å². The molecule has 25 heavy (non-hydrogen) atoms. The van der Waals surface area contributed by atoms with Crippen molar-refractivity contribution in [3.8, 4) is 11.3 Å². The van der Waals surface area contributed by atoms with Crippen LogP contribution in [0.25, 0.3) is 11.3 Å². The van der Waals surface area contributed by atoms with Gasteiger partial charge >= 0.3 is 159 Å². The summed E-state index contributed by atoms with van der Waals surface area (Å²) in [6, 6.07) is 15.3. The fraction of sp³-hybridized carbons (Fsp3) is 0.522. The van der Waals surface area contributed by atoms with Crippen molar-refractivity contribution in [3.63, 3.8) is 0 Å². The van der Waals surface area contributed by atoms with Crippen LogP contribution >= 0.6 is 0 Å². The van der Waals surface area contributed by atoms with Crippen LogP contribution in [0.1, 0.15) is 59.3 Å². The summed E-state index contributed by atoms with van der Waals surface area (Å²) in [6.07, 6.45) is 10.5.